The van der Waals surface area contributed by atoms with Crippen LogP contribution in [0.1, 0.15) is 18.5 Å². The second kappa shape index (κ2) is 6.21. The van der Waals surface area contributed by atoms with E-state index >= 15 is 0 Å². The van der Waals surface area contributed by atoms with Gasteiger partial charge in [0.1, 0.15) is 9.84 Å². The number of nitrogens with two attached hydrogens (primary N) is 1. The molecule has 0 radical (unpaired) electrons. The van der Waals surface area contributed by atoms with Crippen LogP contribution in [0.4, 0.5) is 0 Å². The van der Waals surface area contributed by atoms with Crippen molar-refractivity contribution in [1.82, 2.24) is 4.31 Å². The molecule has 0 heterocycles. The summed E-state index contributed by atoms with van der Waals surface area (Å²) < 4.78 is 47.7. The van der Waals surface area contributed by atoms with Crippen LogP contribution >= 0.6 is 0 Å². The summed E-state index contributed by atoms with van der Waals surface area (Å²) in [5.74, 6) is -0.208. The Morgan fingerprint density at radius 2 is 1.65 bits per heavy atom. The summed E-state index contributed by atoms with van der Waals surface area (Å²) in [6, 6.07) is 6.09. The van der Waals surface area contributed by atoms with Crippen molar-refractivity contribution < 1.29 is 16.8 Å². The summed E-state index contributed by atoms with van der Waals surface area (Å²) in [5, 5.41) is 0. The summed E-state index contributed by atoms with van der Waals surface area (Å²) in [6.07, 6.45) is 1.07. The smallest absolute Gasteiger partial charge is 0.242 e. The van der Waals surface area contributed by atoms with Crippen molar-refractivity contribution in [3.05, 3.63) is 29.8 Å². The van der Waals surface area contributed by atoms with Crippen molar-refractivity contribution in [1.29, 1.82) is 0 Å². The number of hydrogen-bond acceptors (Lipinski definition) is 5. The molecule has 0 aromatic heterocycles. The summed E-state index contributed by atoms with van der Waals surface area (Å²) >= 11 is 0. The minimum Gasteiger partial charge on any atom is -0.324 e. The molecule has 0 spiro atoms. The van der Waals surface area contributed by atoms with Crippen molar-refractivity contribution >= 4 is 19.9 Å². The van der Waals surface area contributed by atoms with Gasteiger partial charge in [-0.2, -0.15) is 4.31 Å². The van der Waals surface area contributed by atoms with E-state index in [0.717, 1.165) is 16.1 Å². The van der Waals surface area contributed by atoms with E-state index in [9.17, 15) is 16.8 Å². The number of nitrogens with zero attached hydrogens (tertiary/aromatic N) is 1. The first kappa shape index (κ1) is 17.1. The van der Waals surface area contributed by atoms with E-state index in [0.29, 0.717) is 0 Å². The average molecular weight is 320 g/mol. The summed E-state index contributed by atoms with van der Waals surface area (Å²) in [6.45, 7) is 1.73. The predicted molar refractivity (Wildman–Crippen MR) is 78.6 cm³/mol. The van der Waals surface area contributed by atoms with Crippen LogP contribution < -0.4 is 5.73 Å². The monoisotopic (exact) mass is 320 g/mol. The van der Waals surface area contributed by atoms with Crippen molar-refractivity contribution in [3.63, 3.8) is 0 Å². The third kappa shape index (κ3) is 4.55. The van der Waals surface area contributed by atoms with Crippen LogP contribution in [0, 0.1) is 0 Å². The summed E-state index contributed by atoms with van der Waals surface area (Å²) in [4.78, 5) is 0.123. The van der Waals surface area contributed by atoms with Crippen LogP contribution in [0.25, 0.3) is 0 Å². The molecule has 8 heteroatoms. The van der Waals surface area contributed by atoms with Crippen LogP contribution in [-0.4, -0.2) is 46.7 Å². The maximum Gasteiger partial charge on any atom is 0.242 e. The standard InChI is InChI=1S/C12H20N2O4S2/c1-10(13)11-4-6-12(7-5-11)20(17,18)14(2)8-9-19(3,15)16/h4-7,10H,8-9,13H2,1-3H3. The van der Waals surface area contributed by atoms with E-state index in [4.69, 9.17) is 5.73 Å². The Labute approximate surface area is 120 Å². The molecular weight excluding hydrogens is 300 g/mol. The van der Waals surface area contributed by atoms with Crippen LogP contribution in [0.5, 0.6) is 0 Å². The molecule has 0 fully saturated rings. The normalized spacial score (nSPS) is 14.4. The van der Waals surface area contributed by atoms with Gasteiger partial charge in [-0.1, -0.05) is 12.1 Å². The van der Waals surface area contributed by atoms with Gasteiger partial charge < -0.3 is 5.73 Å². The predicted octanol–water partition coefficient (Wildman–Crippen LogP) is 0.371. The topological polar surface area (TPSA) is 97.5 Å². The molecule has 1 aromatic carbocycles. The first-order valence-corrected chi connectivity index (χ1v) is 9.54. The maximum absolute atomic E-state index is 12.2. The zero-order chi connectivity index (χ0) is 15.6. The Hall–Kier alpha value is -0.960. The molecule has 0 amide bonds. The van der Waals surface area contributed by atoms with E-state index in [1.807, 2.05) is 6.92 Å². The molecule has 6 nitrogen and oxygen atoms in total. The van der Waals surface area contributed by atoms with Gasteiger partial charge in [0.2, 0.25) is 10.0 Å². The highest BCUT2D eigenvalue weighted by atomic mass is 32.2. The van der Waals surface area contributed by atoms with Gasteiger partial charge >= 0.3 is 0 Å². The molecule has 0 saturated carbocycles. The summed E-state index contributed by atoms with van der Waals surface area (Å²) in [5.41, 5.74) is 6.54. The molecule has 1 unspecified atom stereocenters. The molecule has 0 aliphatic rings. The lowest BCUT2D eigenvalue weighted by molar-refractivity contribution is 0.484. The van der Waals surface area contributed by atoms with E-state index < -0.39 is 19.9 Å². The molecule has 1 aromatic rings. The highest BCUT2D eigenvalue weighted by Gasteiger charge is 2.21. The highest BCUT2D eigenvalue weighted by Crippen LogP contribution is 2.17. The van der Waals surface area contributed by atoms with Gasteiger partial charge in [0, 0.05) is 25.9 Å². The summed E-state index contributed by atoms with van der Waals surface area (Å²) in [7, 11) is -5.52. The molecule has 114 valence electrons. The number of hydrogen-bond donors (Lipinski definition) is 1. The zero-order valence-electron chi connectivity index (χ0n) is 11.8. The van der Waals surface area contributed by atoms with E-state index in [1.54, 1.807) is 12.1 Å². The first-order valence-electron chi connectivity index (χ1n) is 6.03. The van der Waals surface area contributed by atoms with Gasteiger partial charge in [-0.25, -0.2) is 16.8 Å². The van der Waals surface area contributed by atoms with Crippen LogP contribution in [0.2, 0.25) is 0 Å². The van der Waals surface area contributed by atoms with Gasteiger partial charge in [-0.3, -0.25) is 0 Å². The van der Waals surface area contributed by atoms with Crippen LogP contribution in [0.15, 0.2) is 29.2 Å². The van der Waals surface area contributed by atoms with Crippen molar-refractivity contribution in [3.8, 4) is 0 Å². The third-order valence-electron chi connectivity index (χ3n) is 2.89. The molecular formula is C12H20N2O4S2. The lowest BCUT2D eigenvalue weighted by atomic mass is 10.1. The van der Waals surface area contributed by atoms with Gasteiger partial charge in [-0.15, -0.1) is 0 Å². The SMILES string of the molecule is CC(N)c1ccc(S(=O)(=O)N(C)CCS(C)(=O)=O)cc1. The van der Waals surface area contributed by atoms with Crippen molar-refractivity contribution in [2.45, 2.75) is 17.9 Å². The molecule has 1 atom stereocenters. The fourth-order valence-corrected chi connectivity index (χ4v) is 3.43. The number of benzene rings is 1. The molecule has 1 rings (SSSR count). The Balaban J connectivity index is 2.92. The van der Waals surface area contributed by atoms with Gasteiger partial charge in [-0.05, 0) is 24.6 Å². The fraction of sp³-hybridized carbons (Fsp3) is 0.500. The van der Waals surface area contributed by atoms with E-state index in [1.165, 1.54) is 19.2 Å². The number of rotatable bonds is 6. The van der Waals surface area contributed by atoms with Crippen LogP contribution in [0.3, 0.4) is 0 Å². The van der Waals surface area contributed by atoms with Gasteiger partial charge in [0.25, 0.3) is 0 Å². The molecule has 20 heavy (non-hydrogen) atoms. The van der Waals surface area contributed by atoms with Crippen molar-refractivity contribution in [2.75, 3.05) is 25.6 Å². The number of sulfone groups is 1. The second-order valence-corrected chi connectivity index (χ2v) is 9.12. The lowest BCUT2D eigenvalue weighted by Gasteiger charge is -2.17. The minimum absolute atomic E-state index is 0.0732. The van der Waals surface area contributed by atoms with E-state index in [2.05, 4.69) is 0 Å². The zero-order valence-corrected chi connectivity index (χ0v) is 13.4. The Bertz CT molecular complexity index is 649. The minimum atomic E-state index is -3.68. The first-order chi connectivity index (χ1) is 9.04. The molecule has 0 aliphatic carbocycles. The second-order valence-electron chi connectivity index (χ2n) is 4.81. The van der Waals surface area contributed by atoms with Crippen LogP contribution in [-0.2, 0) is 19.9 Å². The Morgan fingerprint density at radius 3 is 2.05 bits per heavy atom. The Morgan fingerprint density at radius 1 is 1.15 bits per heavy atom. The Kier molecular flexibility index (Phi) is 5.31. The average Bonchev–Trinajstić information content (AvgIpc) is 2.35. The highest BCUT2D eigenvalue weighted by molar-refractivity contribution is 7.91. The van der Waals surface area contributed by atoms with Gasteiger partial charge in [0.05, 0.1) is 10.6 Å². The fourth-order valence-electron chi connectivity index (χ4n) is 1.54. The lowest BCUT2D eigenvalue weighted by Crippen LogP contribution is -2.31. The molecule has 0 aliphatic heterocycles. The van der Waals surface area contributed by atoms with Gasteiger partial charge in [0.15, 0.2) is 0 Å². The van der Waals surface area contributed by atoms with E-state index in [-0.39, 0.29) is 23.2 Å². The third-order valence-corrected chi connectivity index (χ3v) is 5.69. The molecule has 0 bridgehead atoms. The van der Waals surface area contributed by atoms with Crippen molar-refractivity contribution in [2.24, 2.45) is 5.73 Å². The maximum atomic E-state index is 12.2. The number of sulfonamides is 1. The quantitative estimate of drug-likeness (QED) is 0.817. The largest absolute Gasteiger partial charge is 0.324 e. The molecule has 0 saturated heterocycles. The molecule has 2 N–H and O–H groups in total.